The standard InChI is InChI=1S/C19H20F3N3O4/c1-18(16-23-17(28-25-16)19(20,21)22)10-13(24-29-18)11-7-8-14(26-2)15(9-11)27-12-5-3-4-6-12/h7-10,12,24H,3-6H2,1-2H3. The molecule has 1 atom stereocenters. The van der Waals surface area contributed by atoms with Gasteiger partial charge in [0.15, 0.2) is 17.1 Å². The molecule has 29 heavy (non-hydrogen) atoms. The van der Waals surface area contributed by atoms with E-state index in [1.165, 1.54) is 6.92 Å². The third kappa shape index (κ3) is 3.89. The minimum atomic E-state index is -4.72. The van der Waals surface area contributed by atoms with Crippen molar-refractivity contribution < 1.29 is 32.0 Å². The third-order valence-corrected chi connectivity index (χ3v) is 4.98. The van der Waals surface area contributed by atoms with Gasteiger partial charge in [0.25, 0.3) is 0 Å². The van der Waals surface area contributed by atoms with Crippen molar-refractivity contribution in [3.05, 3.63) is 41.6 Å². The summed E-state index contributed by atoms with van der Waals surface area (Å²) in [6.45, 7) is 1.54. The van der Waals surface area contributed by atoms with Gasteiger partial charge in [-0.2, -0.15) is 18.2 Å². The molecule has 1 fully saturated rings. The number of ether oxygens (including phenoxy) is 2. The zero-order chi connectivity index (χ0) is 20.6. The predicted molar refractivity (Wildman–Crippen MR) is 94.7 cm³/mol. The summed E-state index contributed by atoms with van der Waals surface area (Å²) in [5, 5.41) is 3.42. The van der Waals surface area contributed by atoms with Gasteiger partial charge in [0.2, 0.25) is 5.82 Å². The summed E-state index contributed by atoms with van der Waals surface area (Å²) in [5.74, 6) is -0.442. The number of nitrogens with one attached hydrogen (secondary N) is 1. The van der Waals surface area contributed by atoms with Gasteiger partial charge in [0.05, 0.1) is 18.9 Å². The predicted octanol–water partition coefficient (Wildman–Crippen LogP) is 4.21. The zero-order valence-electron chi connectivity index (χ0n) is 15.9. The molecule has 0 saturated heterocycles. The Bertz CT molecular complexity index is 922. The normalized spacial score (nSPS) is 22.4. The van der Waals surface area contributed by atoms with Crippen molar-refractivity contribution in [2.24, 2.45) is 0 Å². The number of benzene rings is 1. The van der Waals surface area contributed by atoms with Crippen molar-refractivity contribution in [1.82, 2.24) is 15.6 Å². The van der Waals surface area contributed by atoms with E-state index in [9.17, 15) is 13.2 Å². The van der Waals surface area contributed by atoms with Gasteiger partial charge < -0.3 is 14.0 Å². The molecular weight excluding hydrogens is 391 g/mol. The fourth-order valence-corrected chi connectivity index (χ4v) is 3.41. The van der Waals surface area contributed by atoms with Gasteiger partial charge >= 0.3 is 12.1 Å². The van der Waals surface area contributed by atoms with E-state index in [1.807, 2.05) is 6.07 Å². The van der Waals surface area contributed by atoms with Crippen LogP contribution in [0.5, 0.6) is 11.5 Å². The highest BCUT2D eigenvalue weighted by Crippen LogP contribution is 2.38. The Labute approximate surface area is 164 Å². The molecule has 2 aromatic rings. The van der Waals surface area contributed by atoms with Gasteiger partial charge in [-0.25, -0.2) is 0 Å². The summed E-state index contributed by atoms with van der Waals surface area (Å²) >= 11 is 0. The molecule has 10 heteroatoms. The molecule has 2 aliphatic rings. The third-order valence-electron chi connectivity index (χ3n) is 4.98. The second-order valence-electron chi connectivity index (χ2n) is 7.18. The molecule has 1 aliphatic heterocycles. The number of halogens is 3. The Morgan fingerprint density at radius 1 is 1.21 bits per heavy atom. The lowest BCUT2D eigenvalue weighted by atomic mass is 10.0. The van der Waals surface area contributed by atoms with E-state index in [1.54, 1.807) is 25.3 Å². The van der Waals surface area contributed by atoms with Gasteiger partial charge in [0, 0.05) is 5.56 Å². The van der Waals surface area contributed by atoms with Crippen molar-refractivity contribution in [2.45, 2.75) is 50.5 Å². The second kappa shape index (κ2) is 7.25. The lowest BCUT2D eigenvalue weighted by Gasteiger charge is -2.17. The van der Waals surface area contributed by atoms with Crippen molar-refractivity contribution in [2.75, 3.05) is 7.11 Å². The summed E-state index contributed by atoms with van der Waals surface area (Å²) in [6, 6.07) is 5.38. The molecule has 0 radical (unpaired) electrons. The molecule has 1 unspecified atom stereocenters. The molecule has 1 N–H and O–H groups in total. The van der Waals surface area contributed by atoms with E-state index < -0.39 is 17.7 Å². The van der Waals surface area contributed by atoms with Gasteiger partial charge in [-0.05, 0) is 56.9 Å². The van der Waals surface area contributed by atoms with Gasteiger partial charge in [0.1, 0.15) is 0 Å². The number of rotatable bonds is 5. The number of hydrogen-bond donors (Lipinski definition) is 1. The number of alkyl halides is 3. The highest BCUT2D eigenvalue weighted by molar-refractivity contribution is 5.68. The lowest BCUT2D eigenvalue weighted by Crippen LogP contribution is -2.24. The molecule has 1 aromatic carbocycles. The van der Waals surface area contributed by atoms with Gasteiger partial charge in [-0.3, -0.25) is 10.3 Å². The van der Waals surface area contributed by atoms with Gasteiger partial charge in [-0.15, -0.1) is 0 Å². The van der Waals surface area contributed by atoms with E-state index in [4.69, 9.17) is 14.3 Å². The molecular formula is C19H20F3N3O4. The first kappa shape index (κ1) is 19.6. The van der Waals surface area contributed by atoms with Crippen LogP contribution in [0.4, 0.5) is 13.2 Å². The Morgan fingerprint density at radius 2 is 1.97 bits per heavy atom. The molecule has 1 aliphatic carbocycles. The Morgan fingerprint density at radius 3 is 2.62 bits per heavy atom. The number of hydrogen-bond acceptors (Lipinski definition) is 7. The van der Waals surface area contributed by atoms with Crippen LogP contribution in [0, 0.1) is 0 Å². The van der Waals surface area contributed by atoms with Crippen LogP contribution in [0.2, 0.25) is 0 Å². The molecule has 0 bridgehead atoms. The van der Waals surface area contributed by atoms with E-state index in [2.05, 4.69) is 20.1 Å². The summed E-state index contributed by atoms with van der Waals surface area (Å²) in [7, 11) is 1.57. The number of nitrogens with zero attached hydrogens (tertiary/aromatic N) is 2. The summed E-state index contributed by atoms with van der Waals surface area (Å²) in [4.78, 5) is 8.90. The van der Waals surface area contributed by atoms with Crippen LogP contribution >= 0.6 is 0 Å². The van der Waals surface area contributed by atoms with Gasteiger partial charge in [-0.1, -0.05) is 5.16 Å². The fourth-order valence-electron chi connectivity index (χ4n) is 3.41. The average Bonchev–Trinajstić information content (AvgIpc) is 3.42. The minimum Gasteiger partial charge on any atom is -0.493 e. The maximum atomic E-state index is 12.7. The largest absolute Gasteiger partial charge is 0.493 e. The summed E-state index contributed by atoms with van der Waals surface area (Å²) in [5.41, 5.74) is 2.68. The molecule has 4 rings (SSSR count). The van der Waals surface area contributed by atoms with Crippen LogP contribution in [-0.4, -0.2) is 23.4 Å². The maximum Gasteiger partial charge on any atom is 0.471 e. The SMILES string of the molecule is COc1ccc(C2=CC(C)(c3noc(C(F)(F)F)n3)ON2)cc1OC1CCCC1. The first-order chi connectivity index (χ1) is 13.8. The molecule has 2 heterocycles. The Kier molecular flexibility index (Phi) is 4.89. The van der Waals surface area contributed by atoms with Crippen LogP contribution in [0.15, 0.2) is 28.8 Å². The quantitative estimate of drug-likeness (QED) is 0.790. The molecule has 0 amide bonds. The molecule has 7 nitrogen and oxygen atoms in total. The van der Waals surface area contributed by atoms with Crippen molar-refractivity contribution in [3.63, 3.8) is 0 Å². The van der Waals surface area contributed by atoms with E-state index in [-0.39, 0.29) is 11.9 Å². The van der Waals surface area contributed by atoms with Crippen LogP contribution in [0.1, 0.15) is 49.9 Å². The topological polar surface area (TPSA) is 78.6 Å². The fraction of sp³-hybridized carbons (Fsp3) is 0.474. The second-order valence-corrected chi connectivity index (χ2v) is 7.18. The first-order valence-corrected chi connectivity index (χ1v) is 9.22. The number of methoxy groups -OCH3 is 1. The smallest absolute Gasteiger partial charge is 0.471 e. The minimum absolute atomic E-state index is 0.145. The Balaban J connectivity index is 1.60. The van der Waals surface area contributed by atoms with Crippen LogP contribution in [0.25, 0.3) is 5.70 Å². The average molecular weight is 411 g/mol. The van der Waals surface area contributed by atoms with Crippen molar-refractivity contribution >= 4 is 5.70 Å². The number of hydroxylamine groups is 1. The summed E-state index contributed by atoms with van der Waals surface area (Å²) < 4.78 is 54.0. The molecule has 1 aromatic heterocycles. The van der Waals surface area contributed by atoms with Crippen LogP contribution in [-0.2, 0) is 16.6 Å². The molecule has 0 spiro atoms. The van der Waals surface area contributed by atoms with E-state index in [0.717, 1.165) is 31.2 Å². The van der Waals surface area contributed by atoms with E-state index >= 15 is 0 Å². The first-order valence-electron chi connectivity index (χ1n) is 9.22. The van der Waals surface area contributed by atoms with Crippen molar-refractivity contribution in [3.8, 4) is 11.5 Å². The van der Waals surface area contributed by atoms with Crippen LogP contribution < -0.4 is 15.0 Å². The monoisotopic (exact) mass is 411 g/mol. The van der Waals surface area contributed by atoms with Crippen molar-refractivity contribution in [1.29, 1.82) is 0 Å². The lowest BCUT2D eigenvalue weighted by molar-refractivity contribution is -0.159. The summed E-state index contributed by atoms with van der Waals surface area (Å²) in [6.07, 6.45) is 1.28. The molecule has 156 valence electrons. The maximum absolute atomic E-state index is 12.7. The molecule has 1 saturated carbocycles. The highest BCUT2D eigenvalue weighted by atomic mass is 19.4. The zero-order valence-corrected chi connectivity index (χ0v) is 15.9. The highest BCUT2D eigenvalue weighted by Gasteiger charge is 2.43. The Hall–Kier alpha value is -2.75. The van der Waals surface area contributed by atoms with Crippen LogP contribution in [0.3, 0.4) is 0 Å². The number of aromatic nitrogens is 2. The van der Waals surface area contributed by atoms with E-state index in [0.29, 0.717) is 17.2 Å².